The Hall–Kier alpha value is -2.06. The Bertz CT molecular complexity index is 826. The predicted molar refractivity (Wildman–Crippen MR) is 74.6 cm³/mol. The van der Waals surface area contributed by atoms with Crippen LogP contribution in [0.5, 0.6) is 0 Å². The van der Waals surface area contributed by atoms with E-state index in [1.807, 2.05) is 0 Å². The van der Waals surface area contributed by atoms with Crippen molar-refractivity contribution in [3.8, 4) is 10.6 Å². The first-order valence-corrected chi connectivity index (χ1v) is 6.94. The molecule has 2 N–H and O–H groups in total. The van der Waals surface area contributed by atoms with Crippen LogP contribution in [0, 0.1) is 0 Å². The van der Waals surface area contributed by atoms with Crippen molar-refractivity contribution in [2.75, 3.05) is 0 Å². The Labute approximate surface area is 126 Å². The van der Waals surface area contributed by atoms with Crippen LogP contribution in [0.25, 0.3) is 16.2 Å². The molecule has 0 unspecified atom stereocenters. The number of nitrogens with zero attached hydrogens (tertiary/aromatic N) is 3. The largest absolute Gasteiger partial charge is 0.364 e. The molecule has 0 saturated carbocycles. The van der Waals surface area contributed by atoms with Crippen LogP contribution in [0.15, 0.2) is 29.6 Å². The number of rotatable bonds is 3. The van der Waals surface area contributed by atoms with Gasteiger partial charge in [0.05, 0.1) is 10.6 Å². The average Bonchev–Trinajstić information content (AvgIpc) is 3.05. The monoisotopic (exact) mass is 328 g/mol. The Kier molecular flexibility index (Phi) is 3.14. The number of aromatic nitrogens is 3. The van der Waals surface area contributed by atoms with Gasteiger partial charge in [0.2, 0.25) is 0 Å². The first kappa shape index (κ1) is 13.9. The molecule has 3 rings (SSSR count). The molecule has 5 nitrogen and oxygen atoms in total. The summed E-state index contributed by atoms with van der Waals surface area (Å²) in [5, 5.41) is 1.86. The van der Waals surface area contributed by atoms with Gasteiger partial charge in [0, 0.05) is 6.07 Å². The molecule has 3 aromatic rings. The van der Waals surface area contributed by atoms with E-state index in [4.69, 9.17) is 17.3 Å². The molecule has 21 heavy (non-hydrogen) atoms. The summed E-state index contributed by atoms with van der Waals surface area (Å²) in [6, 6.07) is 5.90. The zero-order valence-corrected chi connectivity index (χ0v) is 11.8. The molecule has 0 fully saturated rings. The Balaban J connectivity index is 2.32. The Morgan fingerprint density at radius 3 is 2.76 bits per heavy atom. The van der Waals surface area contributed by atoms with Gasteiger partial charge in [-0.1, -0.05) is 6.07 Å². The molecule has 3 aromatic heterocycles. The lowest BCUT2D eigenvalue weighted by Gasteiger charge is -2.11. The Morgan fingerprint density at radius 1 is 1.43 bits per heavy atom. The minimum Gasteiger partial charge on any atom is -0.364 e. The highest BCUT2D eigenvalue weighted by Crippen LogP contribution is 2.35. The number of nitrogens with two attached hydrogens (primary N) is 1. The number of alkyl halides is 3. The summed E-state index contributed by atoms with van der Waals surface area (Å²) in [7, 11) is 0. The van der Waals surface area contributed by atoms with Gasteiger partial charge >= 0.3 is 5.38 Å². The maximum absolute atomic E-state index is 13.6. The van der Waals surface area contributed by atoms with Gasteiger partial charge < -0.3 is 5.73 Å². The maximum atomic E-state index is 13.6. The zero-order chi connectivity index (χ0) is 15.2. The molecule has 0 aliphatic heterocycles. The molecular weight excluding hydrogens is 322 g/mol. The second kappa shape index (κ2) is 4.74. The summed E-state index contributed by atoms with van der Waals surface area (Å²) < 4.78 is 28.0. The molecular formula is C12H7ClF2N4OS. The van der Waals surface area contributed by atoms with Crippen molar-refractivity contribution in [2.24, 2.45) is 5.73 Å². The topological polar surface area (TPSA) is 73.3 Å². The van der Waals surface area contributed by atoms with E-state index in [-0.39, 0.29) is 11.3 Å². The number of primary amides is 1. The number of hydrogen-bond acceptors (Lipinski definition) is 4. The second-order valence-corrected chi connectivity index (χ2v) is 5.59. The number of fused-ring (bicyclic) bond motifs is 1. The van der Waals surface area contributed by atoms with Crippen molar-refractivity contribution in [3.05, 3.63) is 41.0 Å². The molecule has 0 aliphatic carbocycles. The van der Waals surface area contributed by atoms with E-state index in [1.165, 1.54) is 17.4 Å². The summed E-state index contributed by atoms with van der Waals surface area (Å²) in [6.07, 6.45) is 0. The van der Waals surface area contributed by atoms with E-state index >= 15 is 0 Å². The van der Waals surface area contributed by atoms with Crippen LogP contribution in [0.3, 0.4) is 0 Å². The minimum absolute atomic E-state index is 0.0741. The van der Waals surface area contributed by atoms with E-state index in [9.17, 15) is 13.6 Å². The number of thiophene rings is 1. The van der Waals surface area contributed by atoms with Crippen LogP contribution in [0.1, 0.15) is 16.2 Å². The number of hydrogen-bond donors (Lipinski definition) is 1. The van der Waals surface area contributed by atoms with Crippen molar-refractivity contribution in [1.29, 1.82) is 0 Å². The van der Waals surface area contributed by atoms with Crippen molar-refractivity contribution in [2.45, 2.75) is 5.38 Å². The van der Waals surface area contributed by atoms with Crippen LogP contribution in [0.4, 0.5) is 8.78 Å². The standard InChI is InChI=1S/C12H7ClF2N4OS/c13-12(14,15)9-4-6(8-2-1-3-21-8)17-10-5-7(11(16)20)18-19(9)10/h1-5H,(H2,16,20). The highest BCUT2D eigenvalue weighted by atomic mass is 35.5. The molecule has 0 bridgehead atoms. The molecule has 0 atom stereocenters. The van der Waals surface area contributed by atoms with Gasteiger partial charge in [-0.05, 0) is 29.1 Å². The van der Waals surface area contributed by atoms with Crippen molar-refractivity contribution in [1.82, 2.24) is 14.6 Å². The van der Waals surface area contributed by atoms with Gasteiger partial charge in [0.1, 0.15) is 5.69 Å². The highest BCUT2D eigenvalue weighted by molar-refractivity contribution is 7.13. The molecule has 3 heterocycles. The van der Waals surface area contributed by atoms with E-state index in [0.717, 1.165) is 10.6 Å². The fourth-order valence-corrected chi connectivity index (χ4v) is 2.67. The third kappa shape index (κ3) is 2.47. The van der Waals surface area contributed by atoms with Crippen molar-refractivity contribution >= 4 is 34.5 Å². The molecule has 0 saturated heterocycles. The summed E-state index contributed by atoms with van der Waals surface area (Å²) >= 11 is 6.47. The quantitative estimate of drug-likeness (QED) is 0.751. The van der Waals surface area contributed by atoms with Crippen LogP contribution in [-0.2, 0) is 5.38 Å². The number of amides is 1. The number of halogens is 3. The van der Waals surface area contributed by atoms with Crippen LogP contribution < -0.4 is 5.73 Å². The molecule has 0 aliphatic rings. The molecule has 0 radical (unpaired) electrons. The average molecular weight is 329 g/mol. The first-order valence-electron chi connectivity index (χ1n) is 5.68. The molecule has 0 spiro atoms. The molecule has 1 amide bonds. The zero-order valence-electron chi connectivity index (χ0n) is 10.3. The second-order valence-electron chi connectivity index (χ2n) is 4.17. The summed E-state index contributed by atoms with van der Waals surface area (Å²) in [6.45, 7) is 0. The van der Waals surface area contributed by atoms with Crippen molar-refractivity contribution in [3.63, 3.8) is 0 Å². The minimum atomic E-state index is -3.66. The smallest absolute Gasteiger partial charge is 0.364 e. The van der Waals surface area contributed by atoms with Gasteiger partial charge in [-0.2, -0.15) is 13.9 Å². The number of carbonyl (C=O) groups is 1. The predicted octanol–water partition coefficient (Wildman–Crippen LogP) is 2.84. The Morgan fingerprint density at radius 2 is 2.19 bits per heavy atom. The fraction of sp³-hybridized carbons (Fsp3) is 0.0833. The van der Waals surface area contributed by atoms with Gasteiger partial charge in [0.15, 0.2) is 11.3 Å². The molecule has 0 aromatic carbocycles. The maximum Gasteiger partial charge on any atom is 0.364 e. The summed E-state index contributed by atoms with van der Waals surface area (Å²) in [5.41, 5.74) is 4.77. The van der Waals surface area contributed by atoms with Crippen LogP contribution in [0.2, 0.25) is 0 Å². The lowest BCUT2D eigenvalue weighted by Crippen LogP contribution is -2.14. The van der Waals surface area contributed by atoms with Gasteiger partial charge in [-0.3, -0.25) is 4.79 Å². The molecule has 9 heteroatoms. The highest BCUT2D eigenvalue weighted by Gasteiger charge is 2.33. The van der Waals surface area contributed by atoms with E-state index in [2.05, 4.69) is 10.1 Å². The summed E-state index contributed by atoms with van der Waals surface area (Å²) in [5.74, 6) is -0.831. The van der Waals surface area contributed by atoms with E-state index < -0.39 is 17.0 Å². The SMILES string of the molecule is NC(=O)c1cc2nc(-c3cccs3)cc(C(F)(F)Cl)n2n1. The van der Waals surface area contributed by atoms with Crippen molar-refractivity contribution < 1.29 is 13.6 Å². The van der Waals surface area contributed by atoms with Gasteiger partial charge in [-0.25, -0.2) is 9.50 Å². The first-order chi connectivity index (χ1) is 9.86. The van der Waals surface area contributed by atoms with Gasteiger partial charge in [0.25, 0.3) is 5.91 Å². The third-order valence-electron chi connectivity index (χ3n) is 2.74. The fourth-order valence-electron chi connectivity index (χ4n) is 1.85. The van der Waals surface area contributed by atoms with E-state index in [0.29, 0.717) is 10.6 Å². The van der Waals surface area contributed by atoms with Gasteiger partial charge in [-0.15, -0.1) is 11.3 Å². The number of carbonyl (C=O) groups excluding carboxylic acids is 1. The third-order valence-corrected chi connectivity index (χ3v) is 3.83. The normalized spacial score (nSPS) is 12.0. The van der Waals surface area contributed by atoms with Crippen LogP contribution >= 0.6 is 22.9 Å². The lowest BCUT2D eigenvalue weighted by atomic mass is 10.2. The molecule has 108 valence electrons. The summed E-state index contributed by atoms with van der Waals surface area (Å²) in [4.78, 5) is 16.0. The lowest BCUT2D eigenvalue weighted by molar-refractivity contribution is 0.0869. The van der Waals surface area contributed by atoms with E-state index in [1.54, 1.807) is 17.5 Å². The van der Waals surface area contributed by atoms with Crippen LogP contribution in [-0.4, -0.2) is 20.5 Å².